The lowest BCUT2D eigenvalue weighted by Crippen LogP contribution is -2.55. The Morgan fingerprint density at radius 3 is 2.38 bits per heavy atom. The molecule has 1 saturated heterocycles. The van der Waals surface area contributed by atoms with E-state index in [-0.39, 0.29) is 18.1 Å². The average Bonchev–Trinajstić information content (AvgIpc) is 3.15. The summed E-state index contributed by atoms with van der Waals surface area (Å²) in [7, 11) is 0. The molecule has 1 aliphatic heterocycles. The minimum absolute atomic E-state index is 0.0538. The van der Waals surface area contributed by atoms with Crippen LogP contribution in [0.15, 0.2) is 6.20 Å². The molecule has 5 fully saturated rings. The van der Waals surface area contributed by atoms with E-state index >= 15 is 0 Å². The number of nitrogens with zero attached hydrogens (tertiary/aromatic N) is 3. The molecule has 29 heavy (non-hydrogen) atoms. The fraction of sp³-hybridized carbons (Fsp3) is 0.826. The highest BCUT2D eigenvalue weighted by Crippen LogP contribution is 2.53. The van der Waals surface area contributed by atoms with Crippen LogP contribution in [0.3, 0.4) is 0 Å². The van der Waals surface area contributed by atoms with Crippen molar-refractivity contribution in [3.63, 3.8) is 0 Å². The van der Waals surface area contributed by atoms with Crippen LogP contribution in [0, 0.1) is 23.7 Å². The molecule has 1 atom stereocenters. The van der Waals surface area contributed by atoms with Crippen LogP contribution < -0.4 is 10.2 Å². The van der Waals surface area contributed by atoms with E-state index in [4.69, 9.17) is 0 Å². The molecule has 0 radical (unpaired) electrons. The number of hydrogen-bond acceptors (Lipinski definition) is 4. The zero-order valence-corrected chi connectivity index (χ0v) is 17.9. The molecule has 0 aromatic carbocycles. The number of nitrogens with one attached hydrogen (secondary N) is 1. The monoisotopic (exact) mass is 400 g/mol. The van der Waals surface area contributed by atoms with Crippen molar-refractivity contribution in [3.05, 3.63) is 11.8 Å². The number of piperidine rings is 1. The smallest absolute Gasteiger partial charge is 0.256 e. The summed E-state index contributed by atoms with van der Waals surface area (Å²) in [6.07, 6.45) is 10.7. The molecule has 4 aliphatic carbocycles. The summed E-state index contributed by atoms with van der Waals surface area (Å²) in [4.78, 5) is 15.7. The predicted molar refractivity (Wildman–Crippen MR) is 113 cm³/mol. The standard InChI is InChI=1S/C23H36N4O2/c1-3-14(2)27-23(26-6-4-19(28)5-7-26)20(13-24-27)22(29)25-21-17-9-15-8-16(11-17)12-18(21)10-15/h13-19,21,28H,3-12H2,1-2H3,(H,25,29). The molecule has 6 rings (SSSR count). The SMILES string of the molecule is CCC(C)n1ncc(C(=O)NC2C3CC4CC(C3)CC2C4)c1N1CCC(O)CC1. The molecule has 2 N–H and O–H groups in total. The van der Waals surface area contributed by atoms with Gasteiger partial charge >= 0.3 is 0 Å². The third-order valence-corrected chi connectivity index (χ3v) is 8.31. The summed E-state index contributed by atoms with van der Waals surface area (Å²) in [5.74, 6) is 4.18. The molecule has 6 heteroatoms. The molecule has 2 heterocycles. The topological polar surface area (TPSA) is 70.4 Å². The van der Waals surface area contributed by atoms with Crippen molar-refractivity contribution in [2.45, 2.75) is 83.4 Å². The van der Waals surface area contributed by atoms with E-state index < -0.39 is 0 Å². The van der Waals surface area contributed by atoms with Gasteiger partial charge in [0, 0.05) is 19.1 Å². The van der Waals surface area contributed by atoms with E-state index in [0.29, 0.717) is 17.9 Å². The number of aliphatic hydroxyl groups is 1. The highest BCUT2D eigenvalue weighted by molar-refractivity contribution is 5.99. The molecule has 5 aliphatic rings. The Morgan fingerprint density at radius 2 is 1.79 bits per heavy atom. The summed E-state index contributed by atoms with van der Waals surface area (Å²) < 4.78 is 2.03. The van der Waals surface area contributed by atoms with Gasteiger partial charge in [0.2, 0.25) is 0 Å². The van der Waals surface area contributed by atoms with E-state index in [1.165, 1.54) is 32.1 Å². The van der Waals surface area contributed by atoms with Crippen LogP contribution >= 0.6 is 0 Å². The third kappa shape index (κ3) is 3.47. The fourth-order valence-electron chi connectivity index (χ4n) is 6.79. The number of aliphatic hydroxyl groups excluding tert-OH is 1. The number of carbonyl (C=O) groups excluding carboxylic acids is 1. The maximum absolute atomic E-state index is 13.4. The van der Waals surface area contributed by atoms with Gasteiger partial charge in [-0.3, -0.25) is 4.79 Å². The molecule has 4 bridgehead atoms. The fourth-order valence-corrected chi connectivity index (χ4v) is 6.79. The predicted octanol–water partition coefficient (Wildman–Crippen LogP) is 3.37. The van der Waals surface area contributed by atoms with Gasteiger partial charge < -0.3 is 15.3 Å². The van der Waals surface area contributed by atoms with Crippen LogP contribution in [-0.2, 0) is 0 Å². The third-order valence-electron chi connectivity index (χ3n) is 8.31. The number of carbonyl (C=O) groups is 1. The summed E-state index contributed by atoms with van der Waals surface area (Å²) in [5.41, 5.74) is 0.718. The largest absolute Gasteiger partial charge is 0.393 e. The van der Waals surface area contributed by atoms with E-state index in [9.17, 15) is 9.90 Å². The molecular formula is C23H36N4O2. The lowest BCUT2D eigenvalue weighted by Gasteiger charge is -2.54. The van der Waals surface area contributed by atoms with Crippen molar-refractivity contribution in [2.75, 3.05) is 18.0 Å². The van der Waals surface area contributed by atoms with E-state index in [2.05, 4.69) is 29.2 Å². The first-order valence-corrected chi connectivity index (χ1v) is 11.8. The quantitative estimate of drug-likeness (QED) is 0.795. The molecule has 4 saturated carbocycles. The van der Waals surface area contributed by atoms with Crippen LogP contribution in [0.4, 0.5) is 5.82 Å². The van der Waals surface area contributed by atoms with Crippen LogP contribution in [0.2, 0.25) is 0 Å². The van der Waals surface area contributed by atoms with Gasteiger partial charge in [-0.25, -0.2) is 4.68 Å². The number of hydrogen-bond donors (Lipinski definition) is 2. The molecule has 6 nitrogen and oxygen atoms in total. The second kappa shape index (κ2) is 7.60. The second-order valence-electron chi connectivity index (χ2n) is 10.2. The second-order valence-corrected chi connectivity index (χ2v) is 10.2. The number of aromatic nitrogens is 2. The Bertz CT molecular complexity index is 724. The molecule has 1 aromatic rings. The number of anilines is 1. The Morgan fingerprint density at radius 1 is 1.17 bits per heavy atom. The minimum Gasteiger partial charge on any atom is -0.393 e. The Kier molecular flexibility index (Phi) is 5.09. The lowest BCUT2D eigenvalue weighted by molar-refractivity contribution is -0.0119. The Balaban J connectivity index is 1.38. The van der Waals surface area contributed by atoms with Crippen molar-refractivity contribution in [1.29, 1.82) is 0 Å². The zero-order valence-electron chi connectivity index (χ0n) is 17.9. The van der Waals surface area contributed by atoms with Gasteiger partial charge in [-0.15, -0.1) is 0 Å². The molecule has 1 amide bonds. The van der Waals surface area contributed by atoms with Gasteiger partial charge in [0.15, 0.2) is 0 Å². The minimum atomic E-state index is -0.225. The van der Waals surface area contributed by atoms with E-state index in [1.54, 1.807) is 6.20 Å². The van der Waals surface area contributed by atoms with Gasteiger partial charge in [-0.05, 0) is 82.0 Å². The van der Waals surface area contributed by atoms with Crippen LogP contribution in [0.1, 0.15) is 81.6 Å². The average molecular weight is 401 g/mol. The van der Waals surface area contributed by atoms with E-state index in [0.717, 1.165) is 55.6 Å². The van der Waals surface area contributed by atoms with Crippen LogP contribution in [0.25, 0.3) is 0 Å². The number of amides is 1. The summed E-state index contributed by atoms with van der Waals surface area (Å²) in [5, 5.41) is 18.0. The van der Waals surface area contributed by atoms with Gasteiger partial charge in [0.05, 0.1) is 18.3 Å². The first-order valence-electron chi connectivity index (χ1n) is 11.8. The first kappa shape index (κ1) is 19.4. The van der Waals surface area contributed by atoms with Gasteiger partial charge in [-0.2, -0.15) is 5.10 Å². The van der Waals surface area contributed by atoms with Crippen molar-refractivity contribution >= 4 is 11.7 Å². The van der Waals surface area contributed by atoms with Crippen molar-refractivity contribution < 1.29 is 9.90 Å². The maximum atomic E-state index is 13.4. The van der Waals surface area contributed by atoms with Crippen LogP contribution in [0.5, 0.6) is 0 Å². The maximum Gasteiger partial charge on any atom is 0.256 e. The Labute approximate surface area is 174 Å². The Hall–Kier alpha value is -1.56. The summed E-state index contributed by atoms with van der Waals surface area (Å²) in [6.45, 7) is 5.88. The summed E-state index contributed by atoms with van der Waals surface area (Å²) in [6, 6.07) is 0.595. The van der Waals surface area contributed by atoms with Crippen LogP contribution in [-0.4, -0.2) is 46.0 Å². The molecule has 1 aromatic heterocycles. The highest BCUT2D eigenvalue weighted by Gasteiger charge is 2.48. The first-order chi connectivity index (χ1) is 14.0. The highest BCUT2D eigenvalue weighted by atomic mass is 16.3. The molecular weight excluding hydrogens is 364 g/mol. The summed E-state index contributed by atoms with van der Waals surface area (Å²) >= 11 is 0. The van der Waals surface area contributed by atoms with Crippen molar-refractivity contribution in [2.24, 2.45) is 23.7 Å². The molecule has 1 unspecified atom stereocenters. The van der Waals surface area contributed by atoms with Crippen molar-refractivity contribution in [1.82, 2.24) is 15.1 Å². The zero-order chi connectivity index (χ0) is 20.1. The molecule has 160 valence electrons. The lowest BCUT2D eigenvalue weighted by atomic mass is 9.54. The van der Waals surface area contributed by atoms with Gasteiger partial charge in [0.25, 0.3) is 5.91 Å². The van der Waals surface area contributed by atoms with Crippen molar-refractivity contribution in [3.8, 4) is 0 Å². The van der Waals surface area contributed by atoms with Gasteiger partial charge in [-0.1, -0.05) is 6.92 Å². The number of rotatable bonds is 5. The molecule has 0 spiro atoms. The normalized spacial score (nSPS) is 35.1. The van der Waals surface area contributed by atoms with E-state index in [1.807, 2.05) is 4.68 Å². The van der Waals surface area contributed by atoms with Gasteiger partial charge in [0.1, 0.15) is 11.4 Å².